The lowest BCUT2D eigenvalue weighted by molar-refractivity contribution is -0.142. The van der Waals surface area contributed by atoms with Crippen LogP contribution in [-0.2, 0) is 14.4 Å². The lowest BCUT2D eigenvalue weighted by Gasteiger charge is -2.32. The first-order valence-corrected chi connectivity index (χ1v) is 10.7. The molecular weight excluding hydrogens is 392 g/mol. The first kappa shape index (κ1) is 24.2. The average Bonchev–Trinajstić information content (AvgIpc) is 3.12. The summed E-state index contributed by atoms with van der Waals surface area (Å²) in [5.41, 5.74) is 1.99. The number of fused-ring (bicyclic) bond motifs is 1. The molecular formula is C24H34N4O3. The van der Waals surface area contributed by atoms with E-state index in [0.29, 0.717) is 6.42 Å². The second-order valence-corrected chi connectivity index (χ2v) is 8.65. The van der Waals surface area contributed by atoms with E-state index in [4.69, 9.17) is 0 Å². The monoisotopic (exact) mass is 426 g/mol. The van der Waals surface area contributed by atoms with E-state index in [0.717, 1.165) is 16.5 Å². The molecule has 3 N–H and O–H groups in total. The Morgan fingerprint density at radius 2 is 1.81 bits per heavy atom. The van der Waals surface area contributed by atoms with E-state index in [-0.39, 0.29) is 29.6 Å². The summed E-state index contributed by atoms with van der Waals surface area (Å²) >= 11 is 0. The molecule has 0 saturated heterocycles. The second kappa shape index (κ2) is 10.8. The number of aromatic nitrogens is 1. The molecule has 2 rings (SSSR count). The first-order valence-electron chi connectivity index (χ1n) is 10.7. The van der Waals surface area contributed by atoms with Crippen LogP contribution in [0.2, 0.25) is 0 Å². The molecule has 0 aliphatic carbocycles. The van der Waals surface area contributed by atoms with Gasteiger partial charge in [-0.25, -0.2) is 0 Å². The number of nitrogens with one attached hydrogen (secondary N) is 3. The highest BCUT2D eigenvalue weighted by atomic mass is 16.2. The maximum Gasteiger partial charge on any atom is 0.246 e. The Bertz CT molecular complexity index is 945. The van der Waals surface area contributed by atoms with Gasteiger partial charge in [0.1, 0.15) is 12.1 Å². The molecule has 2 atom stereocenters. The molecule has 0 saturated carbocycles. The van der Waals surface area contributed by atoms with Crippen molar-refractivity contribution in [2.45, 2.75) is 53.1 Å². The third kappa shape index (κ3) is 6.44. The van der Waals surface area contributed by atoms with Gasteiger partial charge in [0.05, 0.1) is 0 Å². The van der Waals surface area contributed by atoms with E-state index in [9.17, 15) is 14.4 Å². The number of carbonyl (C=O) groups is 3. The maximum atomic E-state index is 13.1. The number of likely N-dealkylation sites (N-methyl/N-ethyl adjacent to an activating group) is 1. The van der Waals surface area contributed by atoms with Gasteiger partial charge in [-0.15, -0.1) is 0 Å². The molecule has 1 aromatic heterocycles. The zero-order valence-corrected chi connectivity index (χ0v) is 19.2. The summed E-state index contributed by atoms with van der Waals surface area (Å²) in [5, 5.41) is 6.59. The molecule has 1 aromatic carbocycles. The van der Waals surface area contributed by atoms with E-state index < -0.39 is 12.1 Å². The van der Waals surface area contributed by atoms with Crippen LogP contribution in [0.5, 0.6) is 0 Å². The Morgan fingerprint density at radius 1 is 1.13 bits per heavy atom. The number of benzene rings is 1. The number of amides is 3. The molecule has 0 aliphatic rings. The highest BCUT2D eigenvalue weighted by Crippen LogP contribution is 2.19. The van der Waals surface area contributed by atoms with Crippen molar-refractivity contribution in [3.8, 4) is 0 Å². The van der Waals surface area contributed by atoms with Crippen molar-refractivity contribution in [2.24, 2.45) is 11.8 Å². The van der Waals surface area contributed by atoms with Crippen molar-refractivity contribution >= 4 is 34.7 Å². The van der Waals surface area contributed by atoms with Gasteiger partial charge in [0.15, 0.2) is 0 Å². The van der Waals surface area contributed by atoms with Gasteiger partial charge in [0.25, 0.3) is 0 Å². The van der Waals surface area contributed by atoms with Crippen LogP contribution in [0.4, 0.5) is 0 Å². The van der Waals surface area contributed by atoms with Gasteiger partial charge in [0.2, 0.25) is 17.7 Å². The average molecular weight is 427 g/mol. The van der Waals surface area contributed by atoms with E-state index in [2.05, 4.69) is 15.6 Å². The Hall–Kier alpha value is -3.09. The van der Waals surface area contributed by atoms with Crippen LogP contribution in [0.3, 0.4) is 0 Å². The second-order valence-electron chi connectivity index (χ2n) is 8.65. The molecule has 0 fully saturated rings. The normalized spacial score (nSPS) is 13.5. The lowest BCUT2D eigenvalue weighted by atomic mass is 9.98. The van der Waals surface area contributed by atoms with Gasteiger partial charge in [-0.2, -0.15) is 0 Å². The van der Waals surface area contributed by atoms with Crippen molar-refractivity contribution in [3.63, 3.8) is 0 Å². The molecule has 31 heavy (non-hydrogen) atoms. The minimum absolute atomic E-state index is 0.0941. The third-order valence-corrected chi connectivity index (χ3v) is 5.21. The van der Waals surface area contributed by atoms with Crippen LogP contribution in [-0.4, -0.2) is 46.7 Å². The van der Waals surface area contributed by atoms with Crippen LogP contribution < -0.4 is 10.6 Å². The molecule has 2 unspecified atom stereocenters. The number of aromatic amines is 1. The summed E-state index contributed by atoms with van der Waals surface area (Å²) in [7, 11) is 1.62. The smallest absolute Gasteiger partial charge is 0.246 e. The number of H-pyrrole nitrogens is 1. The van der Waals surface area contributed by atoms with Crippen molar-refractivity contribution in [2.75, 3.05) is 7.05 Å². The van der Waals surface area contributed by atoms with Crippen LogP contribution in [0.25, 0.3) is 17.0 Å². The van der Waals surface area contributed by atoms with Crippen LogP contribution >= 0.6 is 0 Å². The summed E-state index contributed by atoms with van der Waals surface area (Å²) in [6, 6.07) is 6.61. The Labute approximate surface area is 184 Å². The Balaban J connectivity index is 2.15. The fourth-order valence-electron chi connectivity index (χ4n) is 3.53. The van der Waals surface area contributed by atoms with E-state index in [1.807, 2.05) is 64.2 Å². The minimum atomic E-state index is -0.674. The first-order chi connectivity index (χ1) is 14.6. The quantitative estimate of drug-likeness (QED) is 0.574. The van der Waals surface area contributed by atoms with Crippen LogP contribution in [0.15, 0.2) is 36.7 Å². The highest BCUT2D eigenvalue weighted by molar-refractivity contribution is 5.93. The van der Waals surface area contributed by atoms with Gasteiger partial charge < -0.3 is 20.5 Å². The Morgan fingerprint density at radius 3 is 2.42 bits per heavy atom. The summed E-state index contributed by atoms with van der Waals surface area (Å²) < 4.78 is 0. The standard InChI is InChI=1S/C24H34N4O3/c1-15(2)13-21(28(6)24(31)22(16(3)4)27-17(5)29)23(30)25-12-11-18-14-26-20-10-8-7-9-19(18)20/h7-12,14-16,21-22,26H,13H2,1-6H3,(H,25,30)(H,27,29). The number of rotatable bonds is 9. The molecule has 168 valence electrons. The van der Waals surface area contributed by atoms with Gasteiger partial charge in [-0.05, 0) is 30.4 Å². The molecule has 7 nitrogen and oxygen atoms in total. The third-order valence-electron chi connectivity index (χ3n) is 5.21. The zero-order valence-electron chi connectivity index (χ0n) is 19.2. The maximum absolute atomic E-state index is 13.1. The zero-order chi connectivity index (χ0) is 23.1. The fraction of sp³-hybridized carbons (Fsp3) is 0.458. The molecule has 0 aliphatic heterocycles. The summed E-state index contributed by atoms with van der Waals surface area (Å²) in [6.45, 7) is 9.14. The van der Waals surface area contributed by atoms with Crippen LogP contribution in [0.1, 0.15) is 46.6 Å². The SMILES string of the molecule is CC(=O)NC(C(=O)N(C)C(CC(C)C)C(=O)NC=Cc1c[nH]c2ccccc12)C(C)C. The molecule has 2 aromatic rings. The number of carbonyl (C=O) groups excluding carboxylic acids is 3. The fourth-order valence-corrected chi connectivity index (χ4v) is 3.53. The molecule has 3 amide bonds. The predicted octanol–water partition coefficient (Wildman–Crippen LogP) is 3.29. The summed E-state index contributed by atoms with van der Waals surface area (Å²) in [6.07, 6.45) is 5.84. The van der Waals surface area contributed by atoms with E-state index in [1.54, 1.807) is 13.2 Å². The molecule has 7 heteroatoms. The van der Waals surface area contributed by atoms with Crippen LogP contribution in [0, 0.1) is 11.8 Å². The van der Waals surface area contributed by atoms with E-state index in [1.165, 1.54) is 11.8 Å². The topological polar surface area (TPSA) is 94.3 Å². The number of nitrogens with zero attached hydrogens (tertiary/aromatic N) is 1. The number of hydrogen-bond acceptors (Lipinski definition) is 3. The predicted molar refractivity (Wildman–Crippen MR) is 124 cm³/mol. The summed E-state index contributed by atoms with van der Waals surface area (Å²) in [4.78, 5) is 42.2. The van der Waals surface area contributed by atoms with Gasteiger partial charge in [0, 0.05) is 42.8 Å². The highest BCUT2D eigenvalue weighted by Gasteiger charge is 2.33. The molecule has 1 heterocycles. The largest absolute Gasteiger partial charge is 0.361 e. The van der Waals surface area contributed by atoms with Gasteiger partial charge in [-0.1, -0.05) is 45.9 Å². The van der Waals surface area contributed by atoms with Crippen molar-refractivity contribution in [1.82, 2.24) is 20.5 Å². The lowest BCUT2D eigenvalue weighted by Crippen LogP contribution is -2.55. The van der Waals surface area contributed by atoms with Crippen molar-refractivity contribution in [1.29, 1.82) is 0 Å². The van der Waals surface area contributed by atoms with Gasteiger partial charge >= 0.3 is 0 Å². The molecule has 0 spiro atoms. The number of para-hydroxylation sites is 1. The van der Waals surface area contributed by atoms with Crippen molar-refractivity contribution in [3.05, 3.63) is 42.2 Å². The van der Waals surface area contributed by atoms with Gasteiger partial charge in [-0.3, -0.25) is 14.4 Å². The summed E-state index contributed by atoms with van der Waals surface area (Å²) in [5.74, 6) is -0.685. The minimum Gasteiger partial charge on any atom is -0.361 e. The van der Waals surface area contributed by atoms with E-state index >= 15 is 0 Å². The molecule has 0 bridgehead atoms. The number of hydrogen-bond donors (Lipinski definition) is 3. The molecule has 0 radical (unpaired) electrons. The Kier molecular flexibility index (Phi) is 8.42. The van der Waals surface area contributed by atoms with Crippen molar-refractivity contribution < 1.29 is 14.4 Å².